The number of nitrogens with two attached hydrogens (primary N) is 1. The number of anilines is 1. The zero-order chi connectivity index (χ0) is 16.5. The monoisotopic (exact) mass is 333 g/mol. The van der Waals surface area contributed by atoms with Gasteiger partial charge in [-0.3, -0.25) is 4.79 Å². The first-order valence-corrected chi connectivity index (χ1v) is 8.79. The normalized spacial score (nSPS) is 10.5. The average molecular weight is 333 g/mol. The summed E-state index contributed by atoms with van der Waals surface area (Å²) in [6.45, 7) is 2.91. The number of carbonyl (C=O) groups is 1. The zero-order valence-electron chi connectivity index (χ0n) is 13.4. The second-order valence-corrected chi connectivity index (χ2v) is 6.08. The van der Waals surface area contributed by atoms with Crippen LogP contribution in [0, 0.1) is 0 Å². The van der Waals surface area contributed by atoms with Gasteiger partial charge in [-0.15, -0.1) is 11.3 Å². The molecule has 23 heavy (non-hydrogen) atoms. The van der Waals surface area contributed by atoms with E-state index in [1.54, 1.807) is 0 Å². The number of carbonyl (C=O) groups excluding carboxylic acids is 1. The first-order chi connectivity index (χ1) is 11.2. The summed E-state index contributed by atoms with van der Waals surface area (Å²) in [7, 11) is 0. The first kappa shape index (κ1) is 17.4. The molecule has 1 aromatic heterocycles. The van der Waals surface area contributed by atoms with Gasteiger partial charge in [-0.25, -0.2) is 4.98 Å². The molecule has 1 heterocycles. The van der Waals surface area contributed by atoms with Crippen LogP contribution in [-0.4, -0.2) is 24.0 Å². The molecule has 5 nitrogen and oxygen atoms in total. The molecule has 124 valence electrons. The molecule has 1 amide bonds. The number of amides is 1. The molecule has 0 radical (unpaired) electrons. The molecule has 0 bridgehead atoms. The smallest absolute Gasteiger partial charge is 0.239 e. The van der Waals surface area contributed by atoms with Crippen LogP contribution in [0.5, 0.6) is 5.75 Å². The Morgan fingerprint density at radius 3 is 2.74 bits per heavy atom. The topological polar surface area (TPSA) is 77.2 Å². The van der Waals surface area contributed by atoms with Crippen molar-refractivity contribution in [3.8, 4) is 17.0 Å². The molecule has 0 fully saturated rings. The van der Waals surface area contributed by atoms with Crippen molar-refractivity contribution in [1.82, 2.24) is 4.98 Å². The molecule has 0 unspecified atom stereocenters. The van der Waals surface area contributed by atoms with E-state index in [9.17, 15) is 4.79 Å². The van der Waals surface area contributed by atoms with Crippen LogP contribution in [0.25, 0.3) is 11.3 Å². The number of unbranched alkanes of at least 4 members (excludes halogenated alkanes) is 3. The summed E-state index contributed by atoms with van der Waals surface area (Å²) in [4.78, 5) is 15.6. The number of benzene rings is 1. The third-order valence-corrected chi connectivity index (χ3v) is 4.11. The van der Waals surface area contributed by atoms with Crippen molar-refractivity contribution in [3.63, 3.8) is 0 Å². The van der Waals surface area contributed by atoms with E-state index in [4.69, 9.17) is 10.5 Å². The molecule has 0 aliphatic rings. The third kappa shape index (κ3) is 5.65. The van der Waals surface area contributed by atoms with Crippen LogP contribution >= 0.6 is 11.3 Å². The number of rotatable bonds is 9. The Morgan fingerprint density at radius 1 is 1.26 bits per heavy atom. The van der Waals surface area contributed by atoms with E-state index >= 15 is 0 Å². The number of aromatic nitrogens is 1. The zero-order valence-corrected chi connectivity index (χ0v) is 14.2. The van der Waals surface area contributed by atoms with Crippen LogP contribution in [0.15, 0.2) is 29.6 Å². The maximum atomic E-state index is 11.3. The minimum absolute atomic E-state index is 0.0425. The summed E-state index contributed by atoms with van der Waals surface area (Å²) in [5.74, 6) is 0.634. The average Bonchev–Trinajstić information content (AvgIpc) is 3.03. The molecule has 6 heteroatoms. The maximum absolute atomic E-state index is 11.3. The lowest BCUT2D eigenvalue weighted by atomic mass is 10.2. The van der Waals surface area contributed by atoms with Gasteiger partial charge >= 0.3 is 0 Å². The fraction of sp³-hybridized carbons (Fsp3) is 0.412. The number of nitrogens with zero attached hydrogens (tertiary/aromatic N) is 1. The Balaban J connectivity index is 1.88. The Hall–Kier alpha value is -1.92. The molecule has 2 rings (SSSR count). The van der Waals surface area contributed by atoms with Crippen molar-refractivity contribution in [3.05, 3.63) is 29.6 Å². The minimum atomic E-state index is -0.238. The van der Waals surface area contributed by atoms with Crippen molar-refractivity contribution < 1.29 is 9.53 Å². The van der Waals surface area contributed by atoms with E-state index in [0.29, 0.717) is 5.13 Å². The van der Waals surface area contributed by atoms with Crippen LogP contribution in [0.4, 0.5) is 5.13 Å². The Kier molecular flexibility index (Phi) is 7.03. The second-order valence-electron chi connectivity index (χ2n) is 5.22. The van der Waals surface area contributed by atoms with Gasteiger partial charge < -0.3 is 15.8 Å². The van der Waals surface area contributed by atoms with Gasteiger partial charge in [-0.05, 0) is 30.7 Å². The van der Waals surface area contributed by atoms with Crippen molar-refractivity contribution in [2.24, 2.45) is 5.73 Å². The fourth-order valence-corrected chi connectivity index (χ4v) is 2.81. The number of hydrogen-bond donors (Lipinski definition) is 2. The van der Waals surface area contributed by atoms with Gasteiger partial charge in [-0.2, -0.15) is 0 Å². The van der Waals surface area contributed by atoms with Crippen molar-refractivity contribution in [2.75, 3.05) is 18.5 Å². The molecule has 0 spiro atoms. The summed E-state index contributed by atoms with van der Waals surface area (Å²) < 4.78 is 5.73. The van der Waals surface area contributed by atoms with Gasteiger partial charge in [0.1, 0.15) is 5.75 Å². The van der Waals surface area contributed by atoms with Crippen LogP contribution in [0.1, 0.15) is 32.6 Å². The quantitative estimate of drug-likeness (QED) is 0.686. The number of hydrogen-bond acceptors (Lipinski definition) is 5. The summed E-state index contributed by atoms with van der Waals surface area (Å²) in [6, 6.07) is 7.86. The highest BCUT2D eigenvalue weighted by molar-refractivity contribution is 7.14. The lowest BCUT2D eigenvalue weighted by Crippen LogP contribution is -2.21. The summed E-state index contributed by atoms with van der Waals surface area (Å²) in [5.41, 5.74) is 7.10. The highest BCUT2D eigenvalue weighted by Gasteiger charge is 2.07. The van der Waals surface area contributed by atoms with Crippen molar-refractivity contribution >= 4 is 22.4 Å². The van der Waals surface area contributed by atoms with Gasteiger partial charge in [-0.1, -0.05) is 26.2 Å². The maximum Gasteiger partial charge on any atom is 0.239 e. The molecular weight excluding hydrogens is 310 g/mol. The van der Waals surface area contributed by atoms with Gasteiger partial charge in [0, 0.05) is 10.9 Å². The number of thiazole rings is 1. The van der Waals surface area contributed by atoms with Crippen molar-refractivity contribution in [2.45, 2.75) is 32.6 Å². The standard InChI is InChI=1S/C17H23N3O2S/c1-2-3-4-5-10-22-14-8-6-13(7-9-14)15-12-23-17(19-15)20-16(21)11-18/h6-9,12H,2-5,10-11,18H2,1H3,(H,19,20,21). The van der Waals surface area contributed by atoms with E-state index in [-0.39, 0.29) is 12.5 Å². The molecule has 0 aliphatic carbocycles. The van der Waals surface area contributed by atoms with Crippen LogP contribution in [0.3, 0.4) is 0 Å². The summed E-state index contributed by atoms with van der Waals surface area (Å²) in [6.07, 6.45) is 4.79. The van der Waals surface area contributed by atoms with Crippen LogP contribution in [-0.2, 0) is 4.79 Å². The third-order valence-electron chi connectivity index (χ3n) is 3.35. The van der Waals surface area contributed by atoms with Crippen LogP contribution in [0.2, 0.25) is 0 Å². The Morgan fingerprint density at radius 2 is 2.04 bits per heavy atom. The molecule has 2 aromatic rings. The molecule has 0 saturated carbocycles. The fourth-order valence-electron chi connectivity index (χ4n) is 2.07. The molecule has 1 aromatic carbocycles. The predicted octanol–water partition coefficient (Wildman–Crippen LogP) is 3.67. The lowest BCUT2D eigenvalue weighted by molar-refractivity contribution is -0.114. The Labute approximate surface area is 140 Å². The van der Waals surface area contributed by atoms with Gasteiger partial charge in [0.25, 0.3) is 0 Å². The highest BCUT2D eigenvalue weighted by Crippen LogP contribution is 2.26. The van der Waals surface area contributed by atoms with E-state index < -0.39 is 0 Å². The predicted molar refractivity (Wildman–Crippen MR) is 94.9 cm³/mol. The van der Waals surface area contributed by atoms with Gasteiger partial charge in [0.15, 0.2) is 5.13 Å². The molecule has 3 N–H and O–H groups in total. The highest BCUT2D eigenvalue weighted by atomic mass is 32.1. The number of ether oxygens (including phenoxy) is 1. The first-order valence-electron chi connectivity index (χ1n) is 7.91. The SMILES string of the molecule is CCCCCCOc1ccc(-c2csc(NC(=O)CN)n2)cc1. The van der Waals surface area contributed by atoms with E-state index in [2.05, 4.69) is 17.2 Å². The molecular formula is C17H23N3O2S. The lowest BCUT2D eigenvalue weighted by Gasteiger charge is -2.06. The van der Waals surface area contributed by atoms with Crippen molar-refractivity contribution in [1.29, 1.82) is 0 Å². The molecule has 0 atom stereocenters. The van der Waals surface area contributed by atoms with E-state index in [0.717, 1.165) is 30.0 Å². The molecule has 0 saturated heterocycles. The molecule has 0 aliphatic heterocycles. The minimum Gasteiger partial charge on any atom is -0.494 e. The summed E-state index contributed by atoms with van der Waals surface area (Å²) in [5, 5.41) is 5.13. The van der Waals surface area contributed by atoms with E-state index in [1.807, 2.05) is 29.6 Å². The second kappa shape index (κ2) is 9.27. The van der Waals surface area contributed by atoms with E-state index in [1.165, 1.54) is 30.6 Å². The van der Waals surface area contributed by atoms with Gasteiger partial charge in [0.2, 0.25) is 5.91 Å². The Bertz CT molecular complexity index is 611. The van der Waals surface area contributed by atoms with Crippen LogP contribution < -0.4 is 15.8 Å². The largest absolute Gasteiger partial charge is 0.494 e. The summed E-state index contributed by atoms with van der Waals surface area (Å²) >= 11 is 1.38. The van der Waals surface area contributed by atoms with Gasteiger partial charge in [0.05, 0.1) is 18.8 Å². The number of nitrogens with one attached hydrogen (secondary N) is 1.